The van der Waals surface area contributed by atoms with Gasteiger partial charge in [-0.15, -0.1) is 0 Å². The Labute approximate surface area is 194 Å². The van der Waals surface area contributed by atoms with Crippen molar-refractivity contribution in [1.29, 1.82) is 5.26 Å². The highest BCUT2D eigenvalue weighted by atomic mass is 16.8. The van der Waals surface area contributed by atoms with Crippen molar-refractivity contribution >= 4 is 23.6 Å². The molecule has 2 fully saturated rings. The van der Waals surface area contributed by atoms with Gasteiger partial charge in [0.2, 0.25) is 5.60 Å². The van der Waals surface area contributed by atoms with E-state index in [4.69, 9.17) is 28.8 Å². The van der Waals surface area contributed by atoms with Gasteiger partial charge in [-0.3, -0.25) is 5.32 Å². The van der Waals surface area contributed by atoms with Crippen LogP contribution in [0.4, 0.5) is 15.4 Å². The summed E-state index contributed by atoms with van der Waals surface area (Å²) in [6.07, 6.45) is -3.48. The SMILES string of the molecule is CC(C)COC(=O)OC[C@H]1O[C@@](C#N)(c2ccc3c(NC(=O)O)ncnn23)[C@@H]2OC(C)(C)O[C@@H]21. The molecule has 2 aromatic rings. The van der Waals surface area contributed by atoms with Gasteiger partial charge >= 0.3 is 12.2 Å². The Morgan fingerprint density at radius 1 is 1.29 bits per heavy atom. The number of amides is 1. The summed E-state index contributed by atoms with van der Waals surface area (Å²) in [4.78, 5) is 27.0. The zero-order valence-electron chi connectivity index (χ0n) is 19.0. The largest absolute Gasteiger partial charge is 0.508 e. The normalized spacial score (nSPS) is 27.4. The molecule has 0 bridgehead atoms. The van der Waals surface area contributed by atoms with E-state index in [0.29, 0.717) is 5.52 Å². The van der Waals surface area contributed by atoms with Gasteiger partial charge in [-0.25, -0.2) is 19.1 Å². The molecule has 2 N–H and O–H groups in total. The van der Waals surface area contributed by atoms with Gasteiger partial charge in [-0.05, 0) is 31.9 Å². The number of hydrogen-bond acceptors (Lipinski definition) is 10. The van der Waals surface area contributed by atoms with E-state index in [2.05, 4.69) is 21.5 Å². The fraction of sp³-hybridized carbons (Fsp3) is 0.571. The summed E-state index contributed by atoms with van der Waals surface area (Å²) < 4.78 is 29.8. The molecule has 13 heteroatoms. The number of fused-ring (bicyclic) bond motifs is 2. The van der Waals surface area contributed by atoms with E-state index in [1.807, 2.05) is 13.8 Å². The van der Waals surface area contributed by atoms with Gasteiger partial charge in [0.1, 0.15) is 42.8 Å². The lowest BCUT2D eigenvalue weighted by atomic mass is 9.92. The minimum Gasteiger partial charge on any atom is -0.465 e. The molecule has 0 radical (unpaired) electrons. The lowest BCUT2D eigenvalue weighted by Crippen LogP contribution is -2.40. The second kappa shape index (κ2) is 8.71. The molecule has 0 aromatic carbocycles. The number of nitrogens with zero attached hydrogens (tertiary/aromatic N) is 4. The number of carbonyl (C=O) groups is 2. The molecule has 34 heavy (non-hydrogen) atoms. The first-order chi connectivity index (χ1) is 16.1. The Morgan fingerprint density at radius 2 is 2.06 bits per heavy atom. The molecule has 4 rings (SSSR count). The molecular weight excluding hydrogens is 450 g/mol. The third-order valence-corrected chi connectivity index (χ3v) is 5.36. The minimum absolute atomic E-state index is 0.0353. The second-order valence-corrected chi connectivity index (χ2v) is 8.84. The maximum atomic E-state index is 12.0. The van der Waals surface area contributed by atoms with Crippen LogP contribution in [0.25, 0.3) is 5.52 Å². The summed E-state index contributed by atoms with van der Waals surface area (Å²) in [6.45, 7) is 7.17. The Kier molecular flexibility index (Phi) is 6.07. The van der Waals surface area contributed by atoms with Crippen LogP contribution in [-0.4, -0.2) is 69.3 Å². The summed E-state index contributed by atoms with van der Waals surface area (Å²) >= 11 is 0. The van der Waals surface area contributed by atoms with Crippen molar-refractivity contribution in [2.75, 3.05) is 18.5 Å². The van der Waals surface area contributed by atoms with E-state index in [0.717, 1.165) is 6.33 Å². The van der Waals surface area contributed by atoms with E-state index in [-0.39, 0.29) is 30.6 Å². The van der Waals surface area contributed by atoms with Crippen LogP contribution in [0.1, 0.15) is 33.4 Å². The lowest BCUT2D eigenvalue weighted by Gasteiger charge is -2.28. The van der Waals surface area contributed by atoms with Gasteiger partial charge in [0.25, 0.3) is 0 Å². The van der Waals surface area contributed by atoms with Crippen LogP contribution in [0.2, 0.25) is 0 Å². The highest BCUT2D eigenvalue weighted by Crippen LogP contribution is 2.49. The molecule has 0 spiro atoms. The number of carbonyl (C=O) groups excluding carboxylic acids is 1. The molecule has 2 saturated heterocycles. The van der Waals surface area contributed by atoms with Crippen LogP contribution < -0.4 is 5.32 Å². The number of rotatable bonds is 6. The second-order valence-electron chi connectivity index (χ2n) is 8.84. The summed E-state index contributed by atoms with van der Waals surface area (Å²) in [5.74, 6) is -0.855. The smallest absolute Gasteiger partial charge is 0.465 e. The number of aromatic nitrogens is 3. The first-order valence-electron chi connectivity index (χ1n) is 10.6. The van der Waals surface area contributed by atoms with Crippen molar-refractivity contribution in [2.24, 2.45) is 5.92 Å². The maximum absolute atomic E-state index is 12.0. The van der Waals surface area contributed by atoms with Crippen molar-refractivity contribution in [3.63, 3.8) is 0 Å². The predicted octanol–water partition coefficient (Wildman–Crippen LogP) is 2.27. The molecule has 0 unspecified atom stereocenters. The first kappa shape index (κ1) is 23.7. The maximum Gasteiger partial charge on any atom is 0.508 e. The highest BCUT2D eigenvalue weighted by molar-refractivity contribution is 5.87. The lowest BCUT2D eigenvalue weighted by molar-refractivity contribution is -0.205. The van der Waals surface area contributed by atoms with Crippen LogP contribution in [0, 0.1) is 17.2 Å². The number of hydrogen-bond donors (Lipinski definition) is 2. The van der Waals surface area contributed by atoms with Gasteiger partial charge in [-0.2, -0.15) is 10.4 Å². The molecular formula is C21H25N5O8. The van der Waals surface area contributed by atoms with E-state index in [1.54, 1.807) is 26.0 Å². The van der Waals surface area contributed by atoms with Crippen molar-refractivity contribution in [3.05, 3.63) is 24.2 Å². The fourth-order valence-corrected chi connectivity index (χ4v) is 4.07. The van der Waals surface area contributed by atoms with E-state index in [9.17, 15) is 14.9 Å². The molecule has 4 atom stereocenters. The standard InChI is InChI=1S/C21H25N5O8/c1-11(2)7-30-19(29)31-8-13-15-16(34-20(3,4)33-15)21(9-22,32-13)14-6-5-12-17(25-18(27)28)23-10-24-26(12)14/h5-6,10-11,13,15-16H,7-8H2,1-4H3,(H,27,28)(H,23,24,25)/t13-,15-,16-,21+/m1/s1. The molecule has 2 aliphatic rings. The quantitative estimate of drug-likeness (QED) is 0.588. The molecule has 182 valence electrons. The number of anilines is 1. The number of ether oxygens (including phenoxy) is 5. The van der Waals surface area contributed by atoms with Crippen LogP contribution in [0.3, 0.4) is 0 Å². The Morgan fingerprint density at radius 3 is 2.74 bits per heavy atom. The molecule has 1 amide bonds. The van der Waals surface area contributed by atoms with Gasteiger partial charge in [0.15, 0.2) is 11.6 Å². The molecule has 0 saturated carbocycles. The topological polar surface area (TPSA) is 167 Å². The average molecular weight is 475 g/mol. The third-order valence-electron chi connectivity index (χ3n) is 5.36. The molecule has 4 heterocycles. The van der Waals surface area contributed by atoms with Crippen molar-refractivity contribution in [2.45, 2.75) is 57.4 Å². The van der Waals surface area contributed by atoms with Crippen LogP contribution >= 0.6 is 0 Å². The Bertz CT molecular complexity index is 1140. The summed E-state index contributed by atoms with van der Waals surface area (Å²) in [5, 5.41) is 25.8. The van der Waals surface area contributed by atoms with Gasteiger partial charge in [0, 0.05) is 0 Å². The Hall–Kier alpha value is -3.47. The van der Waals surface area contributed by atoms with Gasteiger partial charge in [-0.1, -0.05) is 13.8 Å². The minimum atomic E-state index is -1.70. The summed E-state index contributed by atoms with van der Waals surface area (Å²) in [6, 6.07) is 5.32. The van der Waals surface area contributed by atoms with E-state index < -0.39 is 41.9 Å². The summed E-state index contributed by atoms with van der Waals surface area (Å²) in [5.41, 5.74) is -1.11. The first-order valence-corrected chi connectivity index (χ1v) is 10.6. The fourth-order valence-electron chi connectivity index (χ4n) is 4.07. The van der Waals surface area contributed by atoms with Crippen LogP contribution in [-0.2, 0) is 29.3 Å². The molecule has 0 aliphatic carbocycles. The predicted molar refractivity (Wildman–Crippen MR) is 113 cm³/mol. The van der Waals surface area contributed by atoms with Crippen LogP contribution in [0.15, 0.2) is 18.5 Å². The third kappa shape index (κ3) is 4.23. The van der Waals surface area contributed by atoms with Crippen LogP contribution in [0.5, 0.6) is 0 Å². The Balaban J connectivity index is 1.67. The van der Waals surface area contributed by atoms with Crippen molar-refractivity contribution in [3.8, 4) is 6.07 Å². The van der Waals surface area contributed by atoms with Crippen molar-refractivity contribution in [1.82, 2.24) is 14.6 Å². The monoisotopic (exact) mass is 475 g/mol. The number of nitrogens with one attached hydrogen (secondary N) is 1. The molecule has 2 aromatic heterocycles. The summed E-state index contributed by atoms with van der Waals surface area (Å²) in [7, 11) is 0. The van der Waals surface area contributed by atoms with Gasteiger partial charge in [0.05, 0.1) is 12.3 Å². The zero-order valence-corrected chi connectivity index (χ0v) is 19.0. The number of nitriles is 1. The number of carboxylic acid groups (broad SMARTS) is 1. The highest BCUT2D eigenvalue weighted by Gasteiger charge is 2.65. The van der Waals surface area contributed by atoms with E-state index >= 15 is 0 Å². The zero-order chi connectivity index (χ0) is 24.7. The average Bonchev–Trinajstić information content (AvgIpc) is 3.41. The van der Waals surface area contributed by atoms with Crippen molar-refractivity contribution < 1.29 is 38.4 Å². The van der Waals surface area contributed by atoms with Gasteiger partial charge < -0.3 is 28.8 Å². The molecule has 2 aliphatic heterocycles. The molecule has 13 nitrogen and oxygen atoms in total. The van der Waals surface area contributed by atoms with E-state index in [1.165, 1.54) is 4.52 Å².